The smallest absolute Gasteiger partial charge is 0.256 e. The molecule has 2 aromatic carbocycles. The number of hydrogen-bond donors (Lipinski definition) is 3. The molecule has 1 amide bonds. The minimum atomic E-state index is -0.889. The van der Waals surface area contributed by atoms with Crippen molar-refractivity contribution in [3.63, 3.8) is 0 Å². The molecule has 1 saturated heterocycles. The highest BCUT2D eigenvalue weighted by Crippen LogP contribution is 2.31. The molecule has 0 aromatic heterocycles. The van der Waals surface area contributed by atoms with E-state index in [1.807, 2.05) is 4.90 Å². The van der Waals surface area contributed by atoms with Gasteiger partial charge in [-0.3, -0.25) is 9.69 Å². The normalized spacial score (nSPS) is 21.2. The van der Waals surface area contributed by atoms with E-state index in [0.29, 0.717) is 53.6 Å². The summed E-state index contributed by atoms with van der Waals surface area (Å²) in [5.41, 5.74) is 8.00. The van der Waals surface area contributed by atoms with Gasteiger partial charge in [0.05, 0.1) is 30.9 Å². The number of carbonyl (C=O) groups excluding carboxylic acids is 1. The average Bonchev–Trinajstić information content (AvgIpc) is 2.87. The van der Waals surface area contributed by atoms with E-state index in [9.17, 15) is 14.3 Å². The van der Waals surface area contributed by atoms with Crippen molar-refractivity contribution < 1.29 is 23.8 Å². The van der Waals surface area contributed by atoms with Crippen LogP contribution in [0.2, 0.25) is 5.02 Å². The van der Waals surface area contributed by atoms with Crippen molar-refractivity contribution in [1.82, 2.24) is 9.80 Å². The molecule has 2 aromatic rings. The van der Waals surface area contributed by atoms with Crippen LogP contribution in [0, 0.1) is 5.82 Å². The minimum Gasteiger partial charge on any atom is -0.383 e. The summed E-state index contributed by atoms with van der Waals surface area (Å²) < 4.78 is 25.3. The van der Waals surface area contributed by atoms with Gasteiger partial charge < -0.3 is 30.5 Å². The zero-order chi connectivity index (χ0) is 23.5. The Hall–Kier alpha value is -2.27. The number of nitrogens with one attached hydrogen (secondary N) is 1. The van der Waals surface area contributed by atoms with Crippen molar-refractivity contribution in [2.45, 2.75) is 18.3 Å². The molecule has 0 spiro atoms. The maximum Gasteiger partial charge on any atom is 0.256 e. The van der Waals surface area contributed by atoms with Crippen LogP contribution < -0.4 is 11.1 Å². The molecule has 33 heavy (non-hydrogen) atoms. The van der Waals surface area contributed by atoms with Crippen molar-refractivity contribution in [3.8, 4) is 11.1 Å². The molecule has 2 aliphatic heterocycles. The Morgan fingerprint density at radius 3 is 2.88 bits per heavy atom. The first kappa shape index (κ1) is 23.9. The second-order valence-corrected chi connectivity index (χ2v) is 8.69. The lowest BCUT2D eigenvalue weighted by Crippen LogP contribution is -2.62. The van der Waals surface area contributed by atoms with Crippen molar-refractivity contribution >= 4 is 23.2 Å². The van der Waals surface area contributed by atoms with E-state index in [0.717, 1.165) is 0 Å². The predicted octanol–water partition coefficient (Wildman–Crippen LogP) is 1.96. The lowest BCUT2D eigenvalue weighted by atomic mass is 9.99. The van der Waals surface area contributed by atoms with Crippen LogP contribution in [0.1, 0.15) is 10.4 Å². The quantitative estimate of drug-likeness (QED) is 0.604. The Labute approximate surface area is 197 Å². The molecule has 0 radical (unpaired) electrons. The van der Waals surface area contributed by atoms with E-state index in [-0.39, 0.29) is 25.3 Å². The standard InChI is InChI=1S/C23H28ClFN4O4/c1-32-12-20(26)23(31)28-6-7-29-16(10-28)11-33-13-27-21-5-2-14(8-18(21)22(29)30)17-4-3-15(24)9-19(17)25/h2-5,8-9,16,20,23,27,31H,6-7,10-13,26H2,1H3. The highest BCUT2D eigenvalue weighted by atomic mass is 35.5. The molecule has 2 aliphatic rings. The molecule has 3 unspecified atom stereocenters. The fourth-order valence-corrected chi connectivity index (χ4v) is 4.48. The first-order valence-corrected chi connectivity index (χ1v) is 11.2. The van der Waals surface area contributed by atoms with Crippen LogP contribution in [0.3, 0.4) is 0 Å². The Bertz CT molecular complexity index is 1010. The van der Waals surface area contributed by atoms with Crippen LogP contribution in [0.25, 0.3) is 11.1 Å². The number of fused-ring (bicyclic) bond motifs is 2. The molecule has 4 N–H and O–H groups in total. The number of ether oxygens (including phenoxy) is 2. The van der Waals surface area contributed by atoms with Crippen LogP contribution in [-0.4, -0.2) is 85.8 Å². The Balaban J connectivity index is 1.61. The zero-order valence-electron chi connectivity index (χ0n) is 18.3. The second-order valence-electron chi connectivity index (χ2n) is 8.26. The van der Waals surface area contributed by atoms with Crippen LogP contribution in [0.5, 0.6) is 0 Å². The molecule has 1 fully saturated rings. The van der Waals surface area contributed by atoms with Gasteiger partial charge in [-0.15, -0.1) is 0 Å². The molecule has 2 heterocycles. The number of benzene rings is 2. The lowest BCUT2D eigenvalue weighted by molar-refractivity contribution is -0.0719. The van der Waals surface area contributed by atoms with Gasteiger partial charge in [0.1, 0.15) is 18.8 Å². The van der Waals surface area contributed by atoms with Crippen LogP contribution in [0.15, 0.2) is 36.4 Å². The molecular formula is C23H28ClFN4O4. The number of halogens is 2. The second kappa shape index (κ2) is 10.3. The maximum absolute atomic E-state index is 14.5. The van der Waals surface area contributed by atoms with Gasteiger partial charge in [-0.25, -0.2) is 4.39 Å². The molecule has 4 rings (SSSR count). The van der Waals surface area contributed by atoms with Gasteiger partial charge in [-0.1, -0.05) is 17.7 Å². The summed E-state index contributed by atoms with van der Waals surface area (Å²) in [6, 6.07) is 8.83. The minimum absolute atomic E-state index is 0.181. The Morgan fingerprint density at radius 1 is 1.30 bits per heavy atom. The van der Waals surface area contributed by atoms with E-state index in [1.165, 1.54) is 13.2 Å². The Morgan fingerprint density at radius 2 is 2.12 bits per heavy atom. The van der Waals surface area contributed by atoms with Gasteiger partial charge in [0.15, 0.2) is 0 Å². The van der Waals surface area contributed by atoms with Crippen molar-refractivity contribution in [3.05, 3.63) is 52.8 Å². The summed E-state index contributed by atoms with van der Waals surface area (Å²) in [7, 11) is 1.53. The largest absolute Gasteiger partial charge is 0.383 e. The third-order valence-corrected chi connectivity index (χ3v) is 6.29. The number of rotatable bonds is 5. The van der Waals surface area contributed by atoms with Crippen molar-refractivity contribution in [2.75, 3.05) is 52.0 Å². The number of piperazine rings is 1. The molecule has 178 valence electrons. The van der Waals surface area contributed by atoms with E-state index in [4.69, 9.17) is 26.8 Å². The summed E-state index contributed by atoms with van der Waals surface area (Å²) in [6.07, 6.45) is -0.889. The monoisotopic (exact) mass is 478 g/mol. The zero-order valence-corrected chi connectivity index (χ0v) is 19.1. The third kappa shape index (κ3) is 5.13. The van der Waals surface area contributed by atoms with Gasteiger partial charge in [-0.05, 0) is 35.9 Å². The number of hydrogen-bond acceptors (Lipinski definition) is 7. The number of aliphatic hydroxyl groups is 1. The predicted molar refractivity (Wildman–Crippen MR) is 124 cm³/mol. The van der Waals surface area contributed by atoms with Gasteiger partial charge in [0.25, 0.3) is 5.91 Å². The third-order valence-electron chi connectivity index (χ3n) is 6.06. The summed E-state index contributed by atoms with van der Waals surface area (Å²) in [4.78, 5) is 17.2. The highest BCUT2D eigenvalue weighted by molar-refractivity contribution is 6.30. The number of anilines is 1. The van der Waals surface area contributed by atoms with E-state index in [2.05, 4.69) is 5.32 Å². The SMILES string of the molecule is COCC(N)C(O)N1CCN2C(=O)c3cc(-c4ccc(Cl)cc4F)ccc3NCOCC2C1. The number of nitrogens with zero attached hydrogens (tertiary/aromatic N) is 2. The number of nitrogens with two attached hydrogens (primary N) is 1. The van der Waals surface area contributed by atoms with E-state index in [1.54, 1.807) is 35.2 Å². The molecule has 0 bridgehead atoms. The summed E-state index contributed by atoms with van der Waals surface area (Å²) in [5.74, 6) is -0.637. The van der Waals surface area contributed by atoms with Crippen LogP contribution >= 0.6 is 11.6 Å². The van der Waals surface area contributed by atoms with E-state index >= 15 is 0 Å². The maximum atomic E-state index is 14.5. The number of amides is 1. The fourth-order valence-electron chi connectivity index (χ4n) is 4.32. The molecule has 0 aliphatic carbocycles. The van der Waals surface area contributed by atoms with Crippen molar-refractivity contribution in [2.24, 2.45) is 5.73 Å². The van der Waals surface area contributed by atoms with E-state index < -0.39 is 18.1 Å². The highest BCUT2D eigenvalue weighted by Gasteiger charge is 2.36. The molecule has 3 atom stereocenters. The fraction of sp³-hybridized carbons (Fsp3) is 0.435. The topological polar surface area (TPSA) is 100 Å². The molecular weight excluding hydrogens is 451 g/mol. The van der Waals surface area contributed by atoms with Gasteiger partial charge in [0, 0.05) is 43.0 Å². The van der Waals surface area contributed by atoms with Crippen LogP contribution in [-0.2, 0) is 9.47 Å². The van der Waals surface area contributed by atoms with Gasteiger partial charge in [-0.2, -0.15) is 0 Å². The summed E-state index contributed by atoms with van der Waals surface area (Å²) in [6.45, 7) is 1.99. The van der Waals surface area contributed by atoms with Crippen molar-refractivity contribution in [1.29, 1.82) is 0 Å². The number of carbonyl (C=O) groups is 1. The summed E-state index contributed by atoms with van der Waals surface area (Å²) in [5, 5.41) is 14.0. The number of aliphatic hydroxyl groups excluding tert-OH is 1. The lowest BCUT2D eigenvalue weighted by Gasteiger charge is -2.43. The molecule has 10 heteroatoms. The first-order chi connectivity index (χ1) is 15.9. The van der Waals surface area contributed by atoms with Gasteiger partial charge >= 0.3 is 0 Å². The van der Waals surface area contributed by atoms with Crippen LogP contribution in [0.4, 0.5) is 10.1 Å². The number of methoxy groups -OCH3 is 1. The average molecular weight is 479 g/mol. The first-order valence-electron chi connectivity index (χ1n) is 10.8. The molecule has 0 saturated carbocycles. The summed E-state index contributed by atoms with van der Waals surface area (Å²) >= 11 is 5.89. The molecule has 8 nitrogen and oxygen atoms in total. The van der Waals surface area contributed by atoms with Gasteiger partial charge in [0.2, 0.25) is 0 Å². The Kier molecular flexibility index (Phi) is 7.48.